The Hall–Kier alpha value is -1.07. The van der Waals surface area contributed by atoms with Gasteiger partial charge in [-0.05, 0) is 23.6 Å². The molecule has 0 bridgehead atoms. The molecule has 3 atom stereocenters. The first-order valence-electron chi connectivity index (χ1n) is 7.51. The van der Waals surface area contributed by atoms with Crippen LogP contribution in [-0.2, 0) is 10.8 Å². The first kappa shape index (κ1) is 16.3. The Morgan fingerprint density at radius 3 is 2.52 bits per heavy atom. The SMILES string of the molecule is CC(C)C(C)S(=O)CC(N)c1ccc2c(c1)OCCCO2. The van der Waals surface area contributed by atoms with Crippen LogP contribution in [0, 0.1) is 5.92 Å². The van der Waals surface area contributed by atoms with E-state index in [0.717, 1.165) is 23.5 Å². The lowest BCUT2D eigenvalue weighted by Gasteiger charge is -2.19. The molecule has 0 saturated heterocycles. The van der Waals surface area contributed by atoms with Gasteiger partial charge in [0.2, 0.25) is 0 Å². The van der Waals surface area contributed by atoms with Gasteiger partial charge >= 0.3 is 0 Å². The average Bonchev–Trinajstić information content (AvgIpc) is 2.70. The van der Waals surface area contributed by atoms with Gasteiger partial charge in [-0.3, -0.25) is 4.21 Å². The first-order chi connectivity index (χ1) is 9.99. The molecule has 3 unspecified atom stereocenters. The van der Waals surface area contributed by atoms with Crippen molar-refractivity contribution in [1.29, 1.82) is 0 Å². The van der Waals surface area contributed by atoms with E-state index in [9.17, 15) is 4.21 Å². The highest BCUT2D eigenvalue weighted by atomic mass is 32.2. The summed E-state index contributed by atoms with van der Waals surface area (Å²) in [7, 11) is -0.928. The summed E-state index contributed by atoms with van der Waals surface area (Å²) in [6.07, 6.45) is 0.881. The fourth-order valence-electron chi connectivity index (χ4n) is 2.14. The second-order valence-electron chi connectivity index (χ2n) is 5.86. The third-order valence-electron chi connectivity index (χ3n) is 3.90. The maximum absolute atomic E-state index is 12.3. The molecule has 0 aliphatic carbocycles. The molecule has 1 aliphatic rings. The van der Waals surface area contributed by atoms with Gasteiger partial charge in [0.15, 0.2) is 11.5 Å². The number of hydrogen-bond acceptors (Lipinski definition) is 4. The molecular weight excluding hydrogens is 286 g/mol. The highest BCUT2D eigenvalue weighted by molar-refractivity contribution is 7.85. The van der Waals surface area contributed by atoms with Crippen LogP contribution < -0.4 is 15.2 Å². The van der Waals surface area contributed by atoms with E-state index in [-0.39, 0.29) is 11.3 Å². The molecule has 0 amide bonds. The zero-order valence-electron chi connectivity index (χ0n) is 13.0. The van der Waals surface area contributed by atoms with Crippen LogP contribution in [0.25, 0.3) is 0 Å². The van der Waals surface area contributed by atoms with Crippen LogP contribution in [0.3, 0.4) is 0 Å². The quantitative estimate of drug-likeness (QED) is 0.908. The molecular formula is C16H25NO3S. The lowest BCUT2D eigenvalue weighted by Crippen LogP contribution is -2.26. The lowest BCUT2D eigenvalue weighted by molar-refractivity contribution is 0.297. The number of benzene rings is 1. The predicted octanol–water partition coefficient (Wildman–Crippen LogP) is 2.64. The van der Waals surface area contributed by atoms with E-state index >= 15 is 0 Å². The normalized spacial score (nSPS) is 18.9. The van der Waals surface area contributed by atoms with E-state index in [4.69, 9.17) is 15.2 Å². The van der Waals surface area contributed by atoms with Crippen LogP contribution in [0.4, 0.5) is 0 Å². The molecule has 1 heterocycles. The van der Waals surface area contributed by atoms with Gasteiger partial charge < -0.3 is 15.2 Å². The Bertz CT molecular complexity index is 504. The van der Waals surface area contributed by atoms with E-state index in [1.807, 2.05) is 25.1 Å². The Morgan fingerprint density at radius 2 is 1.86 bits per heavy atom. The summed E-state index contributed by atoms with van der Waals surface area (Å²) in [6, 6.07) is 5.51. The van der Waals surface area contributed by atoms with Crippen molar-refractivity contribution in [1.82, 2.24) is 0 Å². The van der Waals surface area contributed by atoms with Crippen molar-refractivity contribution < 1.29 is 13.7 Å². The Balaban J connectivity index is 2.07. The molecule has 2 N–H and O–H groups in total. The molecule has 5 heteroatoms. The van der Waals surface area contributed by atoms with E-state index in [1.165, 1.54) is 0 Å². The van der Waals surface area contributed by atoms with Crippen molar-refractivity contribution in [3.63, 3.8) is 0 Å². The molecule has 0 aromatic heterocycles. The molecule has 2 rings (SSSR count). The highest BCUT2D eigenvalue weighted by Crippen LogP contribution is 2.32. The molecule has 4 nitrogen and oxygen atoms in total. The van der Waals surface area contributed by atoms with Crippen LogP contribution in [0.15, 0.2) is 18.2 Å². The minimum absolute atomic E-state index is 0.150. The minimum Gasteiger partial charge on any atom is -0.490 e. The van der Waals surface area contributed by atoms with Gasteiger partial charge in [0, 0.05) is 34.3 Å². The molecule has 1 aromatic rings. The fraction of sp³-hybridized carbons (Fsp3) is 0.625. The summed E-state index contributed by atoms with van der Waals surface area (Å²) in [5, 5.41) is 0.150. The number of nitrogens with two attached hydrogens (primary N) is 1. The molecule has 0 radical (unpaired) electrons. The fourth-order valence-corrected chi connectivity index (χ4v) is 3.60. The van der Waals surface area contributed by atoms with E-state index < -0.39 is 10.8 Å². The zero-order chi connectivity index (χ0) is 15.4. The highest BCUT2D eigenvalue weighted by Gasteiger charge is 2.20. The van der Waals surface area contributed by atoms with E-state index in [2.05, 4.69) is 13.8 Å². The van der Waals surface area contributed by atoms with Gasteiger partial charge in [-0.2, -0.15) is 0 Å². The molecule has 21 heavy (non-hydrogen) atoms. The summed E-state index contributed by atoms with van der Waals surface area (Å²) < 4.78 is 23.6. The van der Waals surface area contributed by atoms with Crippen molar-refractivity contribution in [3.8, 4) is 11.5 Å². The molecule has 0 spiro atoms. The summed E-state index contributed by atoms with van der Waals surface area (Å²) >= 11 is 0. The maximum atomic E-state index is 12.3. The Kier molecular flexibility index (Phi) is 5.65. The molecule has 0 saturated carbocycles. The number of hydrogen-bond donors (Lipinski definition) is 1. The van der Waals surface area contributed by atoms with E-state index in [0.29, 0.717) is 24.9 Å². The zero-order valence-corrected chi connectivity index (χ0v) is 13.8. The summed E-state index contributed by atoms with van der Waals surface area (Å²) in [5.41, 5.74) is 7.16. The maximum Gasteiger partial charge on any atom is 0.161 e. The minimum atomic E-state index is -0.928. The van der Waals surface area contributed by atoms with E-state index in [1.54, 1.807) is 0 Å². The van der Waals surface area contributed by atoms with Crippen LogP contribution >= 0.6 is 0 Å². The molecule has 1 aromatic carbocycles. The van der Waals surface area contributed by atoms with Crippen LogP contribution in [0.5, 0.6) is 11.5 Å². The number of fused-ring (bicyclic) bond motifs is 1. The van der Waals surface area contributed by atoms with Gasteiger partial charge in [0.05, 0.1) is 13.2 Å². The summed E-state index contributed by atoms with van der Waals surface area (Å²) in [5.74, 6) is 2.36. The van der Waals surface area contributed by atoms with Crippen LogP contribution in [0.1, 0.15) is 38.8 Å². The Labute approximate surface area is 129 Å². The summed E-state index contributed by atoms with van der Waals surface area (Å²) in [4.78, 5) is 0. The third kappa shape index (κ3) is 4.20. The van der Waals surface area contributed by atoms with Gasteiger partial charge in [0.25, 0.3) is 0 Å². The summed E-state index contributed by atoms with van der Waals surface area (Å²) in [6.45, 7) is 7.52. The topological polar surface area (TPSA) is 61.6 Å². The standard InChI is InChI=1S/C16H25NO3S/c1-11(2)12(3)21(18)10-14(17)13-5-6-15-16(9-13)20-8-4-7-19-15/h5-6,9,11-12,14H,4,7-8,10,17H2,1-3H3. The van der Waals surface area contributed by atoms with Gasteiger partial charge in [0.1, 0.15) is 0 Å². The third-order valence-corrected chi connectivity index (χ3v) is 5.96. The van der Waals surface area contributed by atoms with Crippen LogP contribution in [-0.4, -0.2) is 28.4 Å². The smallest absolute Gasteiger partial charge is 0.161 e. The van der Waals surface area contributed by atoms with Gasteiger partial charge in [-0.25, -0.2) is 0 Å². The average molecular weight is 311 g/mol. The van der Waals surface area contributed by atoms with Crippen LogP contribution in [0.2, 0.25) is 0 Å². The molecule has 1 aliphatic heterocycles. The van der Waals surface area contributed by atoms with Crippen molar-refractivity contribution in [2.45, 2.75) is 38.5 Å². The second kappa shape index (κ2) is 7.27. The largest absolute Gasteiger partial charge is 0.490 e. The number of ether oxygens (including phenoxy) is 2. The van der Waals surface area contributed by atoms with Crippen molar-refractivity contribution >= 4 is 10.8 Å². The second-order valence-corrected chi connectivity index (χ2v) is 7.70. The predicted molar refractivity (Wildman–Crippen MR) is 86.3 cm³/mol. The van der Waals surface area contributed by atoms with Crippen molar-refractivity contribution in [3.05, 3.63) is 23.8 Å². The van der Waals surface area contributed by atoms with Gasteiger partial charge in [-0.1, -0.05) is 26.8 Å². The molecule has 0 fully saturated rings. The monoisotopic (exact) mass is 311 g/mol. The Morgan fingerprint density at radius 1 is 1.19 bits per heavy atom. The number of rotatable bonds is 5. The van der Waals surface area contributed by atoms with Crippen molar-refractivity contribution in [2.75, 3.05) is 19.0 Å². The molecule has 118 valence electrons. The first-order valence-corrected chi connectivity index (χ1v) is 8.89. The van der Waals surface area contributed by atoms with Crippen molar-refractivity contribution in [2.24, 2.45) is 11.7 Å². The lowest BCUT2D eigenvalue weighted by atomic mass is 10.1. The van der Waals surface area contributed by atoms with Gasteiger partial charge in [-0.15, -0.1) is 0 Å².